The maximum absolute atomic E-state index is 13.5. The van der Waals surface area contributed by atoms with E-state index >= 15 is 0 Å². The normalized spacial score (nSPS) is 15.0. The van der Waals surface area contributed by atoms with Crippen molar-refractivity contribution in [1.82, 2.24) is 20.3 Å². The molecule has 1 aromatic carbocycles. The first kappa shape index (κ1) is 40.5. The smallest absolute Gasteiger partial charge is 0.223 e. The zero-order chi connectivity index (χ0) is 35.4. The van der Waals surface area contributed by atoms with Crippen LogP contribution in [-0.4, -0.2) is 67.0 Å². The van der Waals surface area contributed by atoms with Crippen LogP contribution >= 0.6 is 0 Å². The number of hydrogen-bond donors (Lipinski definition) is 3. The Morgan fingerprint density at radius 1 is 0.979 bits per heavy atom. The lowest BCUT2D eigenvalue weighted by Crippen LogP contribution is -2.48. The molecule has 1 amide bonds. The molecule has 0 saturated carbocycles. The number of nitrogens with two attached hydrogens (primary N) is 2. The van der Waals surface area contributed by atoms with E-state index in [1.54, 1.807) is 14.2 Å². The van der Waals surface area contributed by atoms with Gasteiger partial charge in [-0.15, -0.1) is 5.10 Å². The maximum atomic E-state index is 13.5. The molecule has 268 valence electrons. The quantitative estimate of drug-likeness (QED) is 0.136. The van der Waals surface area contributed by atoms with Gasteiger partial charge >= 0.3 is 0 Å². The molecule has 0 saturated heterocycles. The number of ether oxygens (including phenoxy) is 3. The van der Waals surface area contributed by atoms with Crippen LogP contribution in [-0.2, 0) is 27.9 Å². The zero-order valence-corrected chi connectivity index (χ0v) is 31.3. The lowest BCUT2D eigenvalue weighted by atomic mass is 9.80. The number of amides is 1. The van der Waals surface area contributed by atoms with Gasteiger partial charge in [0.05, 0.1) is 19.4 Å². The van der Waals surface area contributed by atoms with E-state index in [2.05, 4.69) is 90.1 Å². The lowest BCUT2D eigenvalue weighted by molar-refractivity contribution is -0.127. The molecule has 2 aromatic rings. The number of hydrogen-bond acceptors (Lipinski definition) is 8. The summed E-state index contributed by atoms with van der Waals surface area (Å²) in [7, 11) is 3.34. The topological polar surface area (TPSA) is 140 Å². The summed E-state index contributed by atoms with van der Waals surface area (Å²) in [4.78, 5) is 13.5. The van der Waals surface area contributed by atoms with Gasteiger partial charge in [0.1, 0.15) is 0 Å². The van der Waals surface area contributed by atoms with Crippen LogP contribution in [0.15, 0.2) is 24.4 Å². The van der Waals surface area contributed by atoms with E-state index in [1.165, 1.54) is 5.56 Å². The van der Waals surface area contributed by atoms with Crippen LogP contribution in [0.2, 0.25) is 0 Å². The first-order valence-corrected chi connectivity index (χ1v) is 17.5. The van der Waals surface area contributed by atoms with Gasteiger partial charge in [-0.1, -0.05) is 73.6 Å². The van der Waals surface area contributed by atoms with E-state index in [0.717, 1.165) is 42.9 Å². The second-order valence-electron chi connectivity index (χ2n) is 15.5. The summed E-state index contributed by atoms with van der Waals surface area (Å²) in [5.74, 6) is 2.11. The summed E-state index contributed by atoms with van der Waals surface area (Å²) < 4.78 is 18.6. The van der Waals surface area contributed by atoms with Crippen molar-refractivity contribution in [3.05, 3.63) is 35.7 Å². The van der Waals surface area contributed by atoms with E-state index in [4.69, 9.17) is 25.7 Å². The molecule has 0 spiro atoms. The van der Waals surface area contributed by atoms with Gasteiger partial charge in [-0.3, -0.25) is 9.48 Å². The summed E-state index contributed by atoms with van der Waals surface area (Å²) in [5, 5.41) is 12.0. The minimum Gasteiger partial charge on any atom is -0.493 e. The highest BCUT2D eigenvalue weighted by molar-refractivity contribution is 5.79. The monoisotopic (exact) mass is 659 g/mol. The molecule has 0 aliphatic rings. The minimum atomic E-state index is -0.298. The summed E-state index contributed by atoms with van der Waals surface area (Å²) in [6.07, 6.45) is 5.98. The first-order chi connectivity index (χ1) is 22.0. The van der Waals surface area contributed by atoms with Crippen molar-refractivity contribution in [3.8, 4) is 11.5 Å². The molecule has 1 heterocycles. The highest BCUT2D eigenvalue weighted by Crippen LogP contribution is 2.32. The van der Waals surface area contributed by atoms with Crippen LogP contribution in [0.4, 0.5) is 0 Å². The van der Waals surface area contributed by atoms with Gasteiger partial charge in [-0.2, -0.15) is 0 Å². The molecule has 0 aliphatic carbocycles. The number of rotatable bonds is 22. The highest BCUT2D eigenvalue weighted by Gasteiger charge is 2.31. The van der Waals surface area contributed by atoms with E-state index in [-0.39, 0.29) is 40.7 Å². The Hall–Kier alpha value is -2.69. The van der Waals surface area contributed by atoms with Crippen molar-refractivity contribution in [3.63, 3.8) is 0 Å². The van der Waals surface area contributed by atoms with Crippen LogP contribution in [0.1, 0.15) is 99.3 Å². The van der Waals surface area contributed by atoms with Gasteiger partial charge < -0.3 is 31.0 Å². The average molecular weight is 659 g/mol. The van der Waals surface area contributed by atoms with Crippen LogP contribution in [0.25, 0.3) is 0 Å². The molecule has 0 fully saturated rings. The van der Waals surface area contributed by atoms with E-state index in [0.29, 0.717) is 44.6 Å². The number of methoxy groups -OCH3 is 2. The fourth-order valence-corrected chi connectivity index (χ4v) is 5.73. The van der Waals surface area contributed by atoms with Crippen molar-refractivity contribution in [2.75, 3.05) is 34.0 Å². The number of nitrogens with one attached hydrogen (secondary N) is 1. The van der Waals surface area contributed by atoms with E-state index < -0.39 is 0 Å². The average Bonchev–Trinajstić information content (AvgIpc) is 3.48. The lowest BCUT2D eigenvalue weighted by Gasteiger charge is -2.31. The Morgan fingerprint density at radius 2 is 1.66 bits per heavy atom. The van der Waals surface area contributed by atoms with E-state index in [1.807, 2.05) is 16.9 Å². The van der Waals surface area contributed by atoms with Crippen LogP contribution in [0.3, 0.4) is 0 Å². The second-order valence-corrected chi connectivity index (χ2v) is 15.5. The van der Waals surface area contributed by atoms with Crippen LogP contribution in [0, 0.1) is 29.1 Å². The number of benzene rings is 1. The van der Waals surface area contributed by atoms with E-state index in [9.17, 15) is 4.79 Å². The maximum Gasteiger partial charge on any atom is 0.223 e. The number of aromatic nitrogens is 3. The standard InChI is InChI=1S/C37H66N6O4/c1-12-37(8,9)34-22-43(42-41-34)24-36(6,7)23-40-35(44)29(26(4)5)21-31(39)30(38)20-28(25(2)3)18-27-14-15-32(46-11)33(19-27)47-17-13-16-45-10/h14-15,19,22,25-26,28-31H,12-13,16-18,20-21,23-24,38-39H2,1-11H3,(H,40,44)/t28-,29-,30-,31-/m0/s1. The number of carbonyl (C=O) groups excluding carboxylic acids is 1. The van der Waals surface area contributed by atoms with Crippen LogP contribution < -0.4 is 26.3 Å². The molecule has 5 N–H and O–H groups in total. The van der Waals surface area contributed by atoms with Gasteiger partial charge in [0.25, 0.3) is 0 Å². The number of nitrogens with zero attached hydrogens (tertiary/aromatic N) is 3. The zero-order valence-electron chi connectivity index (χ0n) is 31.3. The Kier molecular flexibility index (Phi) is 16.1. The third kappa shape index (κ3) is 13.0. The Bertz CT molecular complexity index is 1210. The summed E-state index contributed by atoms with van der Waals surface area (Å²) in [6.45, 7) is 21.8. The van der Waals surface area contributed by atoms with Crippen molar-refractivity contribution < 1.29 is 19.0 Å². The number of carbonyl (C=O) groups is 1. The first-order valence-electron chi connectivity index (χ1n) is 17.5. The second kappa shape index (κ2) is 18.7. The van der Waals surface area contributed by atoms with Gasteiger partial charge in [0.15, 0.2) is 11.5 Å². The molecule has 0 unspecified atom stereocenters. The molecule has 1 aromatic heterocycles. The van der Waals surface area contributed by atoms with Gasteiger partial charge in [-0.05, 0) is 61.1 Å². The fourth-order valence-electron chi connectivity index (χ4n) is 5.73. The molecule has 0 bridgehead atoms. The third-order valence-electron chi connectivity index (χ3n) is 9.66. The summed E-state index contributed by atoms with van der Waals surface area (Å²) in [5.41, 5.74) is 15.4. The predicted octanol–water partition coefficient (Wildman–Crippen LogP) is 5.75. The van der Waals surface area contributed by atoms with Crippen molar-refractivity contribution >= 4 is 5.91 Å². The predicted molar refractivity (Wildman–Crippen MR) is 191 cm³/mol. The minimum absolute atomic E-state index is 0.0197. The van der Waals surface area contributed by atoms with Crippen molar-refractivity contribution in [2.24, 2.45) is 40.6 Å². The van der Waals surface area contributed by atoms with Gasteiger partial charge in [-0.25, -0.2) is 0 Å². The van der Waals surface area contributed by atoms with Crippen molar-refractivity contribution in [1.29, 1.82) is 0 Å². The van der Waals surface area contributed by atoms with Gasteiger partial charge in [0, 0.05) is 68.3 Å². The molecule has 10 nitrogen and oxygen atoms in total. The Balaban J connectivity index is 2.00. The Labute approximate surface area is 285 Å². The summed E-state index contributed by atoms with van der Waals surface area (Å²) >= 11 is 0. The molecule has 0 aliphatic heterocycles. The largest absolute Gasteiger partial charge is 0.493 e. The van der Waals surface area contributed by atoms with Crippen LogP contribution in [0.5, 0.6) is 11.5 Å². The molecular formula is C37H66N6O4. The Morgan fingerprint density at radius 3 is 2.26 bits per heavy atom. The fraction of sp³-hybridized carbons (Fsp3) is 0.757. The molecule has 0 radical (unpaired) electrons. The highest BCUT2D eigenvalue weighted by atomic mass is 16.5. The summed E-state index contributed by atoms with van der Waals surface area (Å²) in [6, 6.07) is 5.60. The molecular weight excluding hydrogens is 592 g/mol. The molecule has 47 heavy (non-hydrogen) atoms. The molecule has 10 heteroatoms. The third-order valence-corrected chi connectivity index (χ3v) is 9.66. The van der Waals surface area contributed by atoms with Crippen molar-refractivity contribution in [2.45, 2.75) is 118 Å². The SMILES string of the molecule is CCC(C)(C)c1cn(CC(C)(C)CNC(=O)[C@@H](C[C@H](N)[C@@H](N)C[C@H](Cc2ccc(OC)c(OCCCOC)c2)C(C)C)C(C)C)nn1. The molecule has 2 rings (SSSR count). The van der Waals surface area contributed by atoms with Gasteiger partial charge in [0.2, 0.25) is 5.91 Å². The molecule has 4 atom stereocenters.